The lowest BCUT2D eigenvalue weighted by Gasteiger charge is -2.07. The van der Waals surface area contributed by atoms with Crippen molar-refractivity contribution < 1.29 is 14.3 Å². The van der Waals surface area contributed by atoms with Gasteiger partial charge in [0, 0.05) is 5.02 Å². The van der Waals surface area contributed by atoms with Crippen LogP contribution in [0, 0.1) is 0 Å². The van der Waals surface area contributed by atoms with E-state index in [9.17, 15) is 4.79 Å². The number of carbonyl (C=O) groups excluding carboxylic acids is 1. The van der Waals surface area contributed by atoms with Crippen LogP contribution in [0.5, 0.6) is 11.5 Å². The normalized spacial score (nSPS) is 10.7. The molecule has 0 radical (unpaired) electrons. The summed E-state index contributed by atoms with van der Waals surface area (Å²) < 4.78 is 11.1. The van der Waals surface area contributed by atoms with Crippen LogP contribution in [-0.4, -0.2) is 18.7 Å². The molecule has 0 heterocycles. The summed E-state index contributed by atoms with van der Waals surface area (Å²) >= 11 is 11.8. The number of hydrazone groups is 1. The molecular weight excluding hydrogens is 411 g/mol. The van der Waals surface area contributed by atoms with Crippen molar-refractivity contribution in [2.24, 2.45) is 5.10 Å². The number of rotatable bonds is 8. The average Bonchev–Trinajstić information content (AvgIpc) is 2.74. The van der Waals surface area contributed by atoms with Crippen LogP contribution in [0.15, 0.2) is 77.9 Å². The molecule has 0 aliphatic rings. The number of amides is 1. The van der Waals surface area contributed by atoms with Gasteiger partial charge in [0.1, 0.15) is 18.1 Å². The molecule has 7 heteroatoms. The molecule has 0 unspecified atom stereocenters. The van der Waals surface area contributed by atoms with Gasteiger partial charge in [-0.2, -0.15) is 5.10 Å². The van der Waals surface area contributed by atoms with E-state index >= 15 is 0 Å². The monoisotopic (exact) mass is 428 g/mol. The fourth-order valence-electron chi connectivity index (χ4n) is 2.31. The number of para-hydroxylation sites is 1. The summed E-state index contributed by atoms with van der Waals surface area (Å²) in [6.45, 7) is 0.268. The molecular formula is C22H18Cl2N2O3. The minimum absolute atomic E-state index is 0.182. The Hall–Kier alpha value is -3.02. The van der Waals surface area contributed by atoms with Gasteiger partial charge in [0.25, 0.3) is 5.91 Å². The van der Waals surface area contributed by atoms with E-state index in [0.717, 1.165) is 16.9 Å². The van der Waals surface area contributed by atoms with Gasteiger partial charge in [-0.3, -0.25) is 4.79 Å². The number of ether oxygens (including phenoxy) is 2. The molecule has 3 rings (SSSR count). The first-order valence-corrected chi connectivity index (χ1v) is 9.52. The van der Waals surface area contributed by atoms with Crippen molar-refractivity contribution in [3.63, 3.8) is 0 Å². The molecule has 0 bridgehead atoms. The standard InChI is InChI=1S/C22H18Cl2N2O3/c23-18-9-5-17(6-10-18)14-28-19-11-7-16(8-12-19)13-25-26-22(27)15-29-21-4-2-1-3-20(21)24/h1-13H,14-15H2,(H,26,27)/b25-13-. The van der Waals surface area contributed by atoms with Crippen molar-refractivity contribution in [1.29, 1.82) is 0 Å². The number of nitrogens with zero attached hydrogens (tertiary/aromatic N) is 1. The molecule has 0 saturated carbocycles. The van der Waals surface area contributed by atoms with Gasteiger partial charge < -0.3 is 9.47 Å². The molecule has 1 N–H and O–H groups in total. The van der Waals surface area contributed by atoms with Gasteiger partial charge in [-0.15, -0.1) is 0 Å². The zero-order valence-electron chi connectivity index (χ0n) is 15.3. The molecule has 29 heavy (non-hydrogen) atoms. The zero-order valence-corrected chi connectivity index (χ0v) is 16.9. The first-order chi connectivity index (χ1) is 14.1. The summed E-state index contributed by atoms with van der Waals surface area (Å²) in [6, 6.07) is 21.8. The van der Waals surface area contributed by atoms with Crippen LogP contribution in [-0.2, 0) is 11.4 Å². The van der Waals surface area contributed by atoms with E-state index in [4.69, 9.17) is 32.7 Å². The van der Waals surface area contributed by atoms with E-state index in [2.05, 4.69) is 10.5 Å². The Morgan fingerprint density at radius 3 is 2.38 bits per heavy atom. The highest BCUT2D eigenvalue weighted by Gasteiger charge is 2.04. The number of nitrogens with one attached hydrogen (secondary N) is 1. The lowest BCUT2D eigenvalue weighted by Crippen LogP contribution is -2.24. The van der Waals surface area contributed by atoms with Crippen molar-refractivity contribution >= 4 is 35.3 Å². The Morgan fingerprint density at radius 2 is 1.66 bits per heavy atom. The largest absolute Gasteiger partial charge is 0.489 e. The molecule has 0 aliphatic heterocycles. The average molecular weight is 429 g/mol. The number of benzene rings is 3. The third-order valence-electron chi connectivity index (χ3n) is 3.80. The topological polar surface area (TPSA) is 59.9 Å². The maximum atomic E-state index is 11.8. The lowest BCUT2D eigenvalue weighted by atomic mass is 10.2. The van der Waals surface area contributed by atoms with Crippen molar-refractivity contribution in [1.82, 2.24) is 5.43 Å². The van der Waals surface area contributed by atoms with E-state index in [-0.39, 0.29) is 12.5 Å². The van der Waals surface area contributed by atoms with Gasteiger partial charge in [0.05, 0.1) is 11.2 Å². The second kappa shape index (κ2) is 10.5. The number of hydrogen-bond donors (Lipinski definition) is 1. The first kappa shape index (κ1) is 20.7. The number of halogens is 2. The highest BCUT2D eigenvalue weighted by Crippen LogP contribution is 2.22. The third kappa shape index (κ3) is 6.82. The highest BCUT2D eigenvalue weighted by molar-refractivity contribution is 6.32. The molecule has 0 saturated heterocycles. The lowest BCUT2D eigenvalue weighted by molar-refractivity contribution is -0.123. The van der Waals surface area contributed by atoms with Crippen molar-refractivity contribution in [2.45, 2.75) is 6.61 Å². The van der Waals surface area contributed by atoms with Crippen LogP contribution in [0.25, 0.3) is 0 Å². The Morgan fingerprint density at radius 1 is 0.931 bits per heavy atom. The quantitative estimate of drug-likeness (QED) is 0.400. The van der Waals surface area contributed by atoms with E-state index in [1.165, 1.54) is 6.21 Å². The Kier molecular flexibility index (Phi) is 7.50. The molecule has 0 aromatic heterocycles. The molecule has 3 aromatic carbocycles. The van der Waals surface area contributed by atoms with Crippen molar-refractivity contribution in [3.05, 3.63) is 94.0 Å². The Bertz CT molecular complexity index is 974. The maximum Gasteiger partial charge on any atom is 0.277 e. The van der Waals surface area contributed by atoms with Crippen LogP contribution < -0.4 is 14.9 Å². The first-order valence-electron chi connectivity index (χ1n) is 8.77. The van der Waals surface area contributed by atoms with Crippen LogP contribution >= 0.6 is 23.2 Å². The molecule has 5 nitrogen and oxygen atoms in total. The van der Waals surface area contributed by atoms with E-state index in [1.54, 1.807) is 24.3 Å². The predicted molar refractivity (Wildman–Crippen MR) is 115 cm³/mol. The predicted octanol–water partition coefficient (Wildman–Crippen LogP) is 5.10. The summed E-state index contributed by atoms with van der Waals surface area (Å²) in [5, 5.41) is 5.06. The van der Waals surface area contributed by atoms with Crippen molar-refractivity contribution in [2.75, 3.05) is 6.61 Å². The molecule has 0 fully saturated rings. The summed E-state index contributed by atoms with van der Waals surface area (Å²) in [6.07, 6.45) is 1.54. The summed E-state index contributed by atoms with van der Waals surface area (Å²) in [7, 11) is 0. The van der Waals surface area contributed by atoms with Crippen molar-refractivity contribution in [3.8, 4) is 11.5 Å². The minimum atomic E-state index is -0.385. The molecule has 3 aromatic rings. The molecule has 0 aliphatic carbocycles. The molecule has 1 amide bonds. The van der Waals surface area contributed by atoms with Gasteiger partial charge in [-0.1, -0.05) is 47.5 Å². The maximum absolute atomic E-state index is 11.8. The van der Waals surface area contributed by atoms with Crippen LogP contribution in [0.1, 0.15) is 11.1 Å². The van der Waals surface area contributed by atoms with Gasteiger partial charge in [-0.25, -0.2) is 5.43 Å². The van der Waals surface area contributed by atoms with Gasteiger partial charge in [0.2, 0.25) is 0 Å². The van der Waals surface area contributed by atoms with Crippen LogP contribution in [0.4, 0.5) is 0 Å². The fourth-order valence-corrected chi connectivity index (χ4v) is 2.63. The van der Waals surface area contributed by atoms with Gasteiger partial charge in [-0.05, 0) is 59.7 Å². The van der Waals surface area contributed by atoms with E-state index in [1.807, 2.05) is 48.5 Å². The van der Waals surface area contributed by atoms with Gasteiger partial charge >= 0.3 is 0 Å². The van der Waals surface area contributed by atoms with Crippen LogP contribution in [0.3, 0.4) is 0 Å². The zero-order chi connectivity index (χ0) is 20.5. The fraction of sp³-hybridized carbons (Fsp3) is 0.0909. The van der Waals surface area contributed by atoms with E-state index < -0.39 is 0 Å². The minimum Gasteiger partial charge on any atom is -0.489 e. The number of carbonyl (C=O) groups is 1. The summed E-state index contributed by atoms with van der Waals surface area (Å²) in [5.74, 6) is 0.792. The number of hydrogen-bond acceptors (Lipinski definition) is 4. The molecule has 0 spiro atoms. The highest BCUT2D eigenvalue weighted by atomic mass is 35.5. The molecule has 148 valence electrons. The van der Waals surface area contributed by atoms with Crippen LogP contribution in [0.2, 0.25) is 10.0 Å². The summed E-state index contributed by atoms with van der Waals surface area (Å²) in [5.41, 5.74) is 4.25. The second-order valence-corrected chi connectivity index (χ2v) is 6.84. The van der Waals surface area contributed by atoms with E-state index in [0.29, 0.717) is 22.4 Å². The SMILES string of the molecule is O=C(COc1ccccc1Cl)N/N=C\c1ccc(OCc2ccc(Cl)cc2)cc1. The smallest absolute Gasteiger partial charge is 0.277 e. The Balaban J connectivity index is 1.42. The Labute approximate surface area is 178 Å². The second-order valence-electron chi connectivity index (χ2n) is 6.00. The summed E-state index contributed by atoms with van der Waals surface area (Å²) in [4.78, 5) is 11.8. The molecule has 0 atom stereocenters. The van der Waals surface area contributed by atoms with Gasteiger partial charge in [0.15, 0.2) is 6.61 Å². The third-order valence-corrected chi connectivity index (χ3v) is 4.36.